The monoisotopic (exact) mass is 372 g/mol. The van der Waals surface area contributed by atoms with E-state index < -0.39 is 0 Å². The van der Waals surface area contributed by atoms with Crippen molar-refractivity contribution in [3.63, 3.8) is 0 Å². The van der Waals surface area contributed by atoms with Crippen LogP contribution in [0.25, 0.3) is 11.0 Å². The van der Waals surface area contributed by atoms with Crippen molar-refractivity contribution in [1.82, 2.24) is 19.8 Å². The molecule has 1 aliphatic carbocycles. The van der Waals surface area contributed by atoms with Gasteiger partial charge in [0, 0.05) is 44.6 Å². The van der Waals surface area contributed by atoms with Crippen molar-refractivity contribution in [3.05, 3.63) is 71.5 Å². The fourth-order valence-electron chi connectivity index (χ4n) is 4.62. The number of carbonyl (C=O) groups excluding carboxylic acids is 1. The van der Waals surface area contributed by atoms with Crippen LogP contribution in [0.3, 0.4) is 0 Å². The number of benzene rings is 2. The third-order valence-electron chi connectivity index (χ3n) is 6.17. The van der Waals surface area contributed by atoms with Crippen LogP contribution < -0.4 is 0 Å². The van der Waals surface area contributed by atoms with Gasteiger partial charge in [-0.05, 0) is 42.5 Å². The number of piperazine rings is 1. The Balaban J connectivity index is 1.27. The Morgan fingerprint density at radius 2 is 1.68 bits per heavy atom. The van der Waals surface area contributed by atoms with Crippen molar-refractivity contribution in [2.24, 2.45) is 0 Å². The lowest BCUT2D eigenvalue weighted by Crippen LogP contribution is -2.53. The molecule has 2 aromatic carbocycles. The predicted octanol–water partition coefficient (Wildman–Crippen LogP) is 2.95. The summed E-state index contributed by atoms with van der Waals surface area (Å²) in [5, 5.41) is 0. The Hall–Kier alpha value is -2.79. The lowest BCUT2D eigenvalue weighted by molar-refractivity contribution is 0.0554. The van der Waals surface area contributed by atoms with Crippen LogP contribution in [0.5, 0.6) is 0 Å². The minimum atomic E-state index is 0.0692. The highest BCUT2D eigenvalue weighted by molar-refractivity contribution is 6.04. The number of aryl methyl sites for hydroxylation is 1. The molecule has 142 valence electrons. The van der Waals surface area contributed by atoms with E-state index in [2.05, 4.69) is 39.1 Å². The van der Waals surface area contributed by atoms with Crippen molar-refractivity contribution in [2.45, 2.75) is 25.3 Å². The second-order valence-electron chi connectivity index (χ2n) is 7.72. The maximum absolute atomic E-state index is 13.1. The molecular weight excluding hydrogens is 348 g/mol. The normalized spacial score (nSPS) is 20.1. The molecule has 1 aliphatic heterocycles. The minimum absolute atomic E-state index is 0.0692. The molecule has 1 atom stereocenters. The highest BCUT2D eigenvalue weighted by Crippen LogP contribution is 2.25. The van der Waals surface area contributed by atoms with Crippen molar-refractivity contribution in [2.75, 3.05) is 26.2 Å². The molecule has 0 saturated carbocycles. The zero-order chi connectivity index (χ0) is 18.9. The highest BCUT2D eigenvalue weighted by Gasteiger charge is 2.29. The molecular formula is C23H24N4O. The molecule has 1 saturated heterocycles. The van der Waals surface area contributed by atoms with Gasteiger partial charge in [-0.25, -0.2) is 0 Å². The average molecular weight is 372 g/mol. The van der Waals surface area contributed by atoms with E-state index in [1.807, 2.05) is 23.1 Å². The van der Waals surface area contributed by atoms with Crippen LogP contribution in [0.1, 0.15) is 27.9 Å². The number of para-hydroxylation sites is 1. The Morgan fingerprint density at radius 1 is 0.893 bits per heavy atom. The third kappa shape index (κ3) is 3.16. The van der Waals surface area contributed by atoms with E-state index in [1.165, 1.54) is 17.5 Å². The van der Waals surface area contributed by atoms with Gasteiger partial charge in [-0.2, -0.15) is 0 Å². The first kappa shape index (κ1) is 17.3. The van der Waals surface area contributed by atoms with Crippen molar-refractivity contribution >= 4 is 16.9 Å². The molecule has 5 nitrogen and oxygen atoms in total. The van der Waals surface area contributed by atoms with Gasteiger partial charge in [-0.3, -0.25) is 19.7 Å². The molecule has 2 heterocycles. The second kappa shape index (κ2) is 7.32. The van der Waals surface area contributed by atoms with Gasteiger partial charge in [0.1, 0.15) is 5.52 Å². The molecule has 0 bridgehead atoms. The number of nitrogens with zero attached hydrogens (tertiary/aromatic N) is 4. The van der Waals surface area contributed by atoms with Gasteiger partial charge in [-0.1, -0.05) is 30.3 Å². The van der Waals surface area contributed by atoms with Crippen LogP contribution in [0, 0.1) is 0 Å². The summed E-state index contributed by atoms with van der Waals surface area (Å²) in [6.07, 6.45) is 6.82. The van der Waals surface area contributed by atoms with Gasteiger partial charge in [0.25, 0.3) is 5.91 Å². The molecule has 1 fully saturated rings. The standard InChI is InChI=1S/C23H24N4O/c28-23(20-6-3-7-21-22(20)25-11-10-24-21)27-14-12-26(13-15-27)19-9-8-17-4-1-2-5-18(17)16-19/h1-7,10-11,19H,8-9,12-16H2. The van der Waals surface area contributed by atoms with Crippen LogP contribution in [0.2, 0.25) is 0 Å². The first-order chi connectivity index (χ1) is 13.8. The summed E-state index contributed by atoms with van der Waals surface area (Å²) in [5.74, 6) is 0.0692. The van der Waals surface area contributed by atoms with Gasteiger partial charge >= 0.3 is 0 Å². The SMILES string of the molecule is O=C(c1cccc2nccnc12)N1CCN(C2CCc3ccccc3C2)CC1. The number of aromatic nitrogens is 2. The van der Waals surface area contributed by atoms with E-state index >= 15 is 0 Å². The molecule has 0 radical (unpaired) electrons. The maximum atomic E-state index is 13.1. The maximum Gasteiger partial charge on any atom is 0.256 e. The first-order valence-corrected chi connectivity index (χ1v) is 10.1. The number of amides is 1. The van der Waals surface area contributed by atoms with Crippen LogP contribution in [0.4, 0.5) is 0 Å². The smallest absolute Gasteiger partial charge is 0.256 e. The Kier molecular flexibility index (Phi) is 4.53. The average Bonchev–Trinajstić information content (AvgIpc) is 2.78. The van der Waals surface area contributed by atoms with Gasteiger partial charge in [0.2, 0.25) is 0 Å². The Bertz CT molecular complexity index is 1000. The summed E-state index contributed by atoms with van der Waals surface area (Å²) in [4.78, 5) is 26.3. The molecule has 0 N–H and O–H groups in total. The third-order valence-corrected chi connectivity index (χ3v) is 6.17. The fraction of sp³-hybridized carbons (Fsp3) is 0.348. The van der Waals surface area contributed by atoms with E-state index in [-0.39, 0.29) is 5.91 Å². The number of fused-ring (bicyclic) bond motifs is 2. The minimum Gasteiger partial charge on any atom is -0.336 e. The number of hydrogen-bond donors (Lipinski definition) is 0. The second-order valence-corrected chi connectivity index (χ2v) is 7.72. The van der Waals surface area contributed by atoms with Gasteiger partial charge in [-0.15, -0.1) is 0 Å². The van der Waals surface area contributed by atoms with E-state index in [0.717, 1.165) is 44.5 Å². The number of carbonyl (C=O) groups is 1. The van der Waals surface area contributed by atoms with Crippen molar-refractivity contribution in [1.29, 1.82) is 0 Å². The molecule has 1 aromatic heterocycles. The molecule has 5 heteroatoms. The van der Waals surface area contributed by atoms with E-state index in [4.69, 9.17) is 0 Å². The lowest BCUT2D eigenvalue weighted by atomic mass is 9.87. The van der Waals surface area contributed by atoms with Crippen LogP contribution in [-0.2, 0) is 12.8 Å². The topological polar surface area (TPSA) is 49.3 Å². The summed E-state index contributed by atoms with van der Waals surface area (Å²) in [6, 6.07) is 15.1. The van der Waals surface area contributed by atoms with Gasteiger partial charge in [0.05, 0.1) is 11.1 Å². The molecule has 0 spiro atoms. The number of rotatable bonds is 2. The Labute approximate surface area is 165 Å². The highest BCUT2D eigenvalue weighted by atomic mass is 16.2. The first-order valence-electron chi connectivity index (χ1n) is 10.1. The van der Waals surface area contributed by atoms with Gasteiger partial charge in [0.15, 0.2) is 0 Å². The molecule has 1 amide bonds. The van der Waals surface area contributed by atoms with Crippen LogP contribution >= 0.6 is 0 Å². The van der Waals surface area contributed by atoms with E-state index in [1.54, 1.807) is 12.4 Å². The summed E-state index contributed by atoms with van der Waals surface area (Å²) in [6.45, 7) is 3.42. The summed E-state index contributed by atoms with van der Waals surface area (Å²) < 4.78 is 0. The summed E-state index contributed by atoms with van der Waals surface area (Å²) >= 11 is 0. The lowest BCUT2D eigenvalue weighted by Gasteiger charge is -2.41. The Morgan fingerprint density at radius 3 is 2.54 bits per heavy atom. The molecule has 2 aliphatic rings. The molecule has 28 heavy (non-hydrogen) atoms. The van der Waals surface area contributed by atoms with E-state index in [0.29, 0.717) is 17.1 Å². The van der Waals surface area contributed by atoms with E-state index in [9.17, 15) is 4.79 Å². The fourth-order valence-corrected chi connectivity index (χ4v) is 4.62. The summed E-state index contributed by atoms with van der Waals surface area (Å²) in [7, 11) is 0. The number of hydrogen-bond acceptors (Lipinski definition) is 4. The molecule has 1 unspecified atom stereocenters. The summed E-state index contributed by atoms with van der Waals surface area (Å²) in [5.41, 5.74) is 5.12. The molecule has 5 rings (SSSR count). The van der Waals surface area contributed by atoms with Crippen LogP contribution in [-0.4, -0.2) is 57.9 Å². The predicted molar refractivity (Wildman–Crippen MR) is 109 cm³/mol. The van der Waals surface area contributed by atoms with Crippen molar-refractivity contribution < 1.29 is 4.79 Å². The zero-order valence-electron chi connectivity index (χ0n) is 15.9. The van der Waals surface area contributed by atoms with Gasteiger partial charge < -0.3 is 4.90 Å². The zero-order valence-corrected chi connectivity index (χ0v) is 15.9. The quantitative estimate of drug-likeness (QED) is 0.694. The van der Waals surface area contributed by atoms with Crippen LogP contribution in [0.15, 0.2) is 54.9 Å². The van der Waals surface area contributed by atoms with Crippen molar-refractivity contribution in [3.8, 4) is 0 Å². The largest absolute Gasteiger partial charge is 0.336 e. The molecule has 3 aromatic rings.